The highest BCUT2D eigenvalue weighted by molar-refractivity contribution is 7.56. The van der Waals surface area contributed by atoms with Gasteiger partial charge in [0.1, 0.15) is 0 Å². The van der Waals surface area contributed by atoms with E-state index in [1.54, 1.807) is 6.08 Å². The summed E-state index contributed by atoms with van der Waals surface area (Å²) in [6, 6.07) is 0. The van der Waals surface area contributed by atoms with Crippen molar-refractivity contribution in [2.45, 2.75) is 41.5 Å². The third-order valence-electron chi connectivity index (χ3n) is 3.09. The second kappa shape index (κ2) is 4.08. The molecule has 0 radical (unpaired) electrons. The maximum atomic E-state index is 11.5. The summed E-state index contributed by atoms with van der Waals surface area (Å²) in [7, 11) is -4.18. The lowest BCUT2D eigenvalue weighted by Crippen LogP contribution is -2.26. The van der Waals surface area contributed by atoms with Gasteiger partial charge in [0.2, 0.25) is 0 Å². The SMILES string of the molecule is CC(C)(C)C1=C(P(=O)(O)O)C=CC1C(C)(C)C. The molecule has 1 aliphatic rings. The smallest absolute Gasteiger partial charge is 0.321 e. The van der Waals surface area contributed by atoms with E-state index < -0.39 is 7.60 Å². The molecule has 0 aliphatic heterocycles. The van der Waals surface area contributed by atoms with Crippen LogP contribution >= 0.6 is 7.60 Å². The minimum Gasteiger partial charge on any atom is -0.321 e. The van der Waals surface area contributed by atoms with Crippen molar-refractivity contribution in [3.63, 3.8) is 0 Å². The lowest BCUT2D eigenvalue weighted by atomic mass is 9.70. The van der Waals surface area contributed by atoms with Crippen LogP contribution in [0, 0.1) is 16.7 Å². The molecule has 0 saturated heterocycles. The largest absolute Gasteiger partial charge is 0.356 e. The van der Waals surface area contributed by atoms with Crippen LogP contribution in [0.5, 0.6) is 0 Å². The zero-order valence-corrected chi connectivity index (χ0v) is 12.4. The number of hydrogen-bond donors (Lipinski definition) is 2. The summed E-state index contributed by atoms with van der Waals surface area (Å²) in [4.78, 5) is 18.9. The van der Waals surface area contributed by atoms with Crippen molar-refractivity contribution in [2.75, 3.05) is 0 Å². The summed E-state index contributed by atoms with van der Waals surface area (Å²) in [5.74, 6) is 0.0881. The van der Waals surface area contributed by atoms with Crippen molar-refractivity contribution in [1.82, 2.24) is 0 Å². The third kappa shape index (κ3) is 3.09. The summed E-state index contributed by atoms with van der Waals surface area (Å²) in [6.07, 6.45) is 3.53. The van der Waals surface area contributed by atoms with Gasteiger partial charge in [-0.1, -0.05) is 53.7 Å². The average Bonchev–Trinajstić information content (AvgIpc) is 2.42. The maximum Gasteiger partial charge on any atom is 0.356 e. The molecule has 0 heterocycles. The van der Waals surface area contributed by atoms with Crippen LogP contribution in [0.4, 0.5) is 0 Å². The first-order valence-electron chi connectivity index (χ1n) is 5.84. The molecule has 4 heteroatoms. The molecule has 3 nitrogen and oxygen atoms in total. The van der Waals surface area contributed by atoms with Gasteiger partial charge in [0.15, 0.2) is 0 Å². The fourth-order valence-corrected chi connectivity index (χ4v) is 3.43. The van der Waals surface area contributed by atoms with Crippen molar-refractivity contribution >= 4 is 7.60 Å². The minimum atomic E-state index is -4.18. The summed E-state index contributed by atoms with van der Waals surface area (Å²) < 4.78 is 11.5. The van der Waals surface area contributed by atoms with Crippen molar-refractivity contribution in [2.24, 2.45) is 16.7 Å². The Morgan fingerprint density at radius 3 is 1.88 bits per heavy atom. The molecule has 0 fully saturated rings. The van der Waals surface area contributed by atoms with E-state index in [2.05, 4.69) is 20.8 Å². The molecule has 1 unspecified atom stereocenters. The van der Waals surface area contributed by atoms with Crippen LogP contribution < -0.4 is 0 Å². The predicted octanol–water partition coefficient (Wildman–Crippen LogP) is 3.70. The number of rotatable bonds is 1. The second-order valence-electron chi connectivity index (χ2n) is 6.80. The van der Waals surface area contributed by atoms with E-state index in [4.69, 9.17) is 0 Å². The van der Waals surface area contributed by atoms with E-state index >= 15 is 0 Å². The van der Waals surface area contributed by atoms with Crippen LogP contribution in [-0.2, 0) is 4.57 Å². The minimum absolute atomic E-state index is 0.0317. The van der Waals surface area contributed by atoms with Gasteiger partial charge in [0.25, 0.3) is 0 Å². The highest BCUT2D eigenvalue weighted by Gasteiger charge is 2.40. The Bertz CT molecular complexity index is 413. The molecule has 0 aromatic carbocycles. The van der Waals surface area contributed by atoms with E-state index in [9.17, 15) is 14.4 Å². The Labute approximate surface area is 104 Å². The van der Waals surface area contributed by atoms with Crippen LogP contribution in [-0.4, -0.2) is 9.79 Å². The first-order chi connectivity index (χ1) is 7.35. The Balaban J connectivity index is 3.41. The molecule has 0 saturated carbocycles. The molecule has 1 aliphatic carbocycles. The highest BCUT2D eigenvalue weighted by atomic mass is 31.2. The van der Waals surface area contributed by atoms with Gasteiger partial charge in [-0.05, 0) is 16.4 Å². The zero-order chi connectivity index (χ0) is 13.6. The maximum absolute atomic E-state index is 11.5. The van der Waals surface area contributed by atoms with Crippen LogP contribution in [0.3, 0.4) is 0 Å². The monoisotopic (exact) mass is 258 g/mol. The fraction of sp³-hybridized carbons (Fsp3) is 0.692. The average molecular weight is 258 g/mol. The van der Waals surface area contributed by atoms with Crippen LogP contribution in [0.2, 0.25) is 0 Å². The topological polar surface area (TPSA) is 57.5 Å². The summed E-state index contributed by atoms with van der Waals surface area (Å²) in [6.45, 7) is 12.3. The lowest BCUT2D eigenvalue weighted by Gasteiger charge is -2.35. The van der Waals surface area contributed by atoms with Gasteiger partial charge in [-0.3, -0.25) is 4.57 Å². The van der Waals surface area contributed by atoms with Gasteiger partial charge < -0.3 is 9.79 Å². The van der Waals surface area contributed by atoms with E-state index in [-0.39, 0.29) is 22.1 Å². The Morgan fingerprint density at radius 2 is 1.59 bits per heavy atom. The Kier molecular flexibility index (Phi) is 3.53. The third-order valence-corrected chi connectivity index (χ3v) is 4.11. The fourth-order valence-electron chi connectivity index (χ4n) is 2.36. The summed E-state index contributed by atoms with van der Waals surface area (Å²) >= 11 is 0. The molecule has 1 atom stereocenters. The molecule has 0 aromatic rings. The molecule has 0 bridgehead atoms. The Hall–Kier alpha value is -0.370. The van der Waals surface area contributed by atoms with Gasteiger partial charge in [-0.25, -0.2) is 0 Å². The van der Waals surface area contributed by atoms with Gasteiger partial charge in [-0.2, -0.15) is 0 Å². The molecular formula is C13H23O3P. The number of allylic oxidation sites excluding steroid dienone is 4. The molecule has 0 amide bonds. The first kappa shape index (κ1) is 14.7. The van der Waals surface area contributed by atoms with Gasteiger partial charge in [0.05, 0.1) is 5.31 Å². The van der Waals surface area contributed by atoms with Crippen LogP contribution in [0.15, 0.2) is 23.0 Å². The standard InChI is InChI=1S/C13H23O3P/c1-12(2,3)9-7-8-10(17(14,15)16)11(9)13(4,5)6/h7-9H,1-6H3,(H2,14,15,16). The summed E-state index contributed by atoms with van der Waals surface area (Å²) in [5.41, 5.74) is 0.604. The lowest BCUT2D eigenvalue weighted by molar-refractivity contribution is 0.290. The van der Waals surface area contributed by atoms with Crippen LogP contribution in [0.1, 0.15) is 41.5 Å². The van der Waals surface area contributed by atoms with Crippen molar-refractivity contribution < 1.29 is 14.4 Å². The first-order valence-corrected chi connectivity index (χ1v) is 7.45. The second-order valence-corrected chi connectivity index (χ2v) is 8.37. The van der Waals surface area contributed by atoms with Gasteiger partial charge in [-0.15, -0.1) is 0 Å². The van der Waals surface area contributed by atoms with Crippen LogP contribution in [0.25, 0.3) is 0 Å². The van der Waals surface area contributed by atoms with Crippen molar-refractivity contribution in [1.29, 1.82) is 0 Å². The van der Waals surface area contributed by atoms with Gasteiger partial charge >= 0.3 is 7.60 Å². The highest BCUT2D eigenvalue weighted by Crippen LogP contribution is 2.57. The number of hydrogen-bond acceptors (Lipinski definition) is 1. The summed E-state index contributed by atoms with van der Waals surface area (Å²) in [5, 5.41) is 0.213. The zero-order valence-electron chi connectivity index (χ0n) is 11.5. The van der Waals surface area contributed by atoms with Gasteiger partial charge in [0, 0.05) is 5.92 Å². The van der Waals surface area contributed by atoms with Crippen molar-refractivity contribution in [3.8, 4) is 0 Å². The molecule has 1 rings (SSSR count). The van der Waals surface area contributed by atoms with E-state index in [1.165, 1.54) is 0 Å². The molecular weight excluding hydrogens is 235 g/mol. The molecule has 0 spiro atoms. The quantitative estimate of drug-likeness (QED) is 0.705. The molecule has 17 heavy (non-hydrogen) atoms. The van der Waals surface area contributed by atoms with E-state index in [1.807, 2.05) is 26.8 Å². The van der Waals surface area contributed by atoms with Crippen molar-refractivity contribution in [3.05, 3.63) is 23.0 Å². The molecule has 98 valence electrons. The van der Waals surface area contributed by atoms with E-state index in [0.29, 0.717) is 0 Å². The normalized spacial score (nSPS) is 22.5. The predicted molar refractivity (Wildman–Crippen MR) is 70.6 cm³/mol. The molecule has 0 aromatic heterocycles. The Morgan fingerprint density at radius 1 is 1.12 bits per heavy atom. The van der Waals surface area contributed by atoms with E-state index in [0.717, 1.165) is 5.57 Å². The molecule has 2 N–H and O–H groups in total.